The summed E-state index contributed by atoms with van der Waals surface area (Å²) in [5, 5.41) is 7.47. The SMILES string of the molecule is CC1CCCC1c1nc(N2CCC(N)C2)n[nH]1. The lowest BCUT2D eigenvalue weighted by atomic mass is 9.98. The molecule has 3 N–H and O–H groups in total. The van der Waals surface area contributed by atoms with Crippen molar-refractivity contribution in [2.45, 2.75) is 44.6 Å². The number of nitrogens with two attached hydrogens (primary N) is 1. The average molecular weight is 235 g/mol. The van der Waals surface area contributed by atoms with Crippen molar-refractivity contribution >= 4 is 5.95 Å². The molecule has 0 radical (unpaired) electrons. The van der Waals surface area contributed by atoms with Crippen LogP contribution in [0.2, 0.25) is 0 Å². The first kappa shape index (κ1) is 11.0. The highest BCUT2D eigenvalue weighted by atomic mass is 15.4. The Labute approximate surface area is 102 Å². The van der Waals surface area contributed by atoms with E-state index >= 15 is 0 Å². The molecule has 1 aromatic heterocycles. The number of hydrogen-bond donors (Lipinski definition) is 2. The van der Waals surface area contributed by atoms with Gasteiger partial charge in [-0.25, -0.2) is 0 Å². The molecule has 1 aliphatic carbocycles. The zero-order chi connectivity index (χ0) is 11.8. The van der Waals surface area contributed by atoms with Crippen LogP contribution in [0.1, 0.15) is 44.3 Å². The number of nitrogens with zero attached hydrogens (tertiary/aromatic N) is 3. The number of aromatic amines is 1. The van der Waals surface area contributed by atoms with Crippen LogP contribution in [-0.2, 0) is 0 Å². The predicted molar refractivity (Wildman–Crippen MR) is 66.9 cm³/mol. The van der Waals surface area contributed by atoms with Gasteiger partial charge in [0.05, 0.1) is 0 Å². The fraction of sp³-hybridized carbons (Fsp3) is 0.833. The molecule has 2 fully saturated rings. The van der Waals surface area contributed by atoms with Gasteiger partial charge in [-0.15, -0.1) is 5.10 Å². The lowest BCUT2D eigenvalue weighted by Gasteiger charge is -2.13. The molecule has 5 heteroatoms. The van der Waals surface area contributed by atoms with E-state index in [1.807, 2.05) is 0 Å². The third-order valence-electron chi connectivity index (χ3n) is 4.21. The van der Waals surface area contributed by atoms with Crippen molar-refractivity contribution in [3.63, 3.8) is 0 Å². The highest BCUT2D eigenvalue weighted by Gasteiger charge is 2.29. The Morgan fingerprint density at radius 3 is 2.88 bits per heavy atom. The maximum atomic E-state index is 5.91. The van der Waals surface area contributed by atoms with Crippen molar-refractivity contribution < 1.29 is 0 Å². The Hall–Kier alpha value is -1.10. The van der Waals surface area contributed by atoms with Crippen LogP contribution in [0.15, 0.2) is 0 Å². The van der Waals surface area contributed by atoms with Gasteiger partial charge >= 0.3 is 0 Å². The van der Waals surface area contributed by atoms with Crippen LogP contribution in [0.3, 0.4) is 0 Å². The van der Waals surface area contributed by atoms with Crippen LogP contribution in [0.25, 0.3) is 0 Å². The molecule has 2 heterocycles. The maximum Gasteiger partial charge on any atom is 0.244 e. The van der Waals surface area contributed by atoms with E-state index in [0.717, 1.165) is 37.2 Å². The zero-order valence-corrected chi connectivity index (χ0v) is 10.4. The molecular weight excluding hydrogens is 214 g/mol. The maximum absolute atomic E-state index is 5.91. The van der Waals surface area contributed by atoms with Gasteiger partial charge < -0.3 is 10.6 Å². The molecule has 17 heavy (non-hydrogen) atoms. The smallest absolute Gasteiger partial charge is 0.244 e. The summed E-state index contributed by atoms with van der Waals surface area (Å²) in [6, 6.07) is 0.280. The molecule has 5 nitrogen and oxygen atoms in total. The molecule has 0 bridgehead atoms. The van der Waals surface area contributed by atoms with Crippen molar-refractivity contribution in [3.8, 4) is 0 Å². The third-order valence-corrected chi connectivity index (χ3v) is 4.21. The van der Waals surface area contributed by atoms with Crippen molar-refractivity contribution in [2.75, 3.05) is 18.0 Å². The molecule has 94 valence electrons. The molecule has 0 aromatic carbocycles. The second-order valence-corrected chi connectivity index (χ2v) is 5.53. The van der Waals surface area contributed by atoms with Gasteiger partial charge in [-0.3, -0.25) is 5.10 Å². The minimum atomic E-state index is 0.280. The van der Waals surface area contributed by atoms with Gasteiger partial charge in [-0.2, -0.15) is 4.98 Å². The molecule has 1 aromatic rings. The number of anilines is 1. The molecule has 3 unspecified atom stereocenters. The third kappa shape index (κ3) is 2.04. The van der Waals surface area contributed by atoms with Gasteiger partial charge in [0, 0.05) is 25.0 Å². The first-order valence-electron chi connectivity index (χ1n) is 6.67. The van der Waals surface area contributed by atoms with Gasteiger partial charge in [-0.05, 0) is 25.2 Å². The lowest BCUT2D eigenvalue weighted by Crippen LogP contribution is -2.27. The van der Waals surface area contributed by atoms with Gasteiger partial charge in [0.1, 0.15) is 5.82 Å². The molecule has 0 spiro atoms. The van der Waals surface area contributed by atoms with Crippen molar-refractivity contribution in [3.05, 3.63) is 5.82 Å². The summed E-state index contributed by atoms with van der Waals surface area (Å²) in [7, 11) is 0. The van der Waals surface area contributed by atoms with Crippen molar-refractivity contribution in [1.29, 1.82) is 0 Å². The Bertz CT molecular complexity index is 388. The Balaban J connectivity index is 1.74. The molecule has 0 amide bonds. The topological polar surface area (TPSA) is 70.8 Å². The van der Waals surface area contributed by atoms with Gasteiger partial charge in [0.15, 0.2) is 0 Å². The monoisotopic (exact) mass is 235 g/mol. The summed E-state index contributed by atoms with van der Waals surface area (Å²) in [6.07, 6.45) is 4.92. The Morgan fingerprint density at radius 2 is 2.24 bits per heavy atom. The van der Waals surface area contributed by atoms with E-state index < -0.39 is 0 Å². The molecular formula is C12H21N5. The van der Waals surface area contributed by atoms with Gasteiger partial charge in [0.25, 0.3) is 0 Å². The summed E-state index contributed by atoms with van der Waals surface area (Å²) >= 11 is 0. The zero-order valence-electron chi connectivity index (χ0n) is 10.4. The molecule has 2 aliphatic rings. The van der Waals surface area contributed by atoms with Crippen LogP contribution < -0.4 is 10.6 Å². The normalized spacial score (nSPS) is 33.5. The first-order valence-corrected chi connectivity index (χ1v) is 6.67. The highest BCUT2D eigenvalue weighted by molar-refractivity contribution is 5.31. The highest BCUT2D eigenvalue weighted by Crippen LogP contribution is 2.37. The van der Waals surface area contributed by atoms with Crippen molar-refractivity contribution in [2.24, 2.45) is 11.7 Å². The number of nitrogens with one attached hydrogen (secondary N) is 1. The van der Waals surface area contributed by atoms with Crippen molar-refractivity contribution in [1.82, 2.24) is 15.2 Å². The van der Waals surface area contributed by atoms with E-state index in [9.17, 15) is 0 Å². The van der Waals surface area contributed by atoms with E-state index in [1.54, 1.807) is 0 Å². The Kier molecular flexibility index (Phi) is 2.78. The predicted octanol–water partition coefficient (Wildman–Crippen LogP) is 1.25. The van der Waals surface area contributed by atoms with Crippen LogP contribution in [0.5, 0.6) is 0 Å². The summed E-state index contributed by atoms with van der Waals surface area (Å²) in [4.78, 5) is 6.85. The molecule has 3 rings (SSSR count). The van der Waals surface area contributed by atoms with Crippen LogP contribution in [0, 0.1) is 5.92 Å². The quantitative estimate of drug-likeness (QED) is 0.809. The van der Waals surface area contributed by atoms with Crippen LogP contribution in [0.4, 0.5) is 5.95 Å². The van der Waals surface area contributed by atoms with Gasteiger partial charge in [-0.1, -0.05) is 13.3 Å². The minimum Gasteiger partial charge on any atom is -0.338 e. The average Bonchev–Trinajstić information content (AvgIpc) is 2.97. The van der Waals surface area contributed by atoms with Crippen LogP contribution in [-0.4, -0.2) is 34.3 Å². The molecule has 3 atom stereocenters. The van der Waals surface area contributed by atoms with E-state index in [0.29, 0.717) is 5.92 Å². The second kappa shape index (κ2) is 4.29. The summed E-state index contributed by atoms with van der Waals surface area (Å²) < 4.78 is 0. The van der Waals surface area contributed by atoms with Gasteiger partial charge in [0.2, 0.25) is 5.95 Å². The number of H-pyrrole nitrogens is 1. The summed E-state index contributed by atoms with van der Waals surface area (Å²) in [5.74, 6) is 3.22. The minimum absolute atomic E-state index is 0.280. The molecule has 1 aliphatic heterocycles. The molecule has 1 saturated heterocycles. The number of aromatic nitrogens is 3. The number of hydrogen-bond acceptors (Lipinski definition) is 4. The van der Waals surface area contributed by atoms with E-state index in [2.05, 4.69) is 27.0 Å². The summed E-state index contributed by atoms with van der Waals surface area (Å²) in [6.45, 7) is 4.18. The first-order chi connectivity index (χ1) is 8.24. The standard InChI is InChI=1S/C12H21N5/c1-8-3-2-4-10(8)11-14-12(16-15-11)17-6-5-9(13)7-17/h8-10H,2-7,13H2,1H3,(H,14,15,16). The van der Waals surface area contributed by atoms with E-state index in [4.69, 9.17) is 5.73 Å². The second-order valence-electron chi connectivity index (χ2n) is 5.53. The summed E-state index contributed by atoms with van der Waals surface area (Å²) in [5.41, 5.74) is 5.91. The molecule has 1 saturated carbocycles. The fourth-order valence-corrected chi connectivity index (χ4v) is 3.09. The lowest BCUT2D eigenvalue weighted by molar-refractivity contribution is 0.511. The Morgan fingerprint density at radius 1 is 1.35 bits per heavy atom. The van der Waals surface area contributed by atoms with E-state index in [-0.39, 0.29) is 6.04 Å². The number of rotatable bonds is 2. The fourth-order valence-electron chi connectivity index (χ4n) is 3.09. The van der Waals surface area contributed by atoms with E-state index in [1.165, 1.54) is 19.3 Å². The van der Waals surface area contributed by atoms with Crippen LogP contribution >= 0.6 is 0 Å². The largest absolute Gasteiger partial charge is 0.338 e.